The van der Waals surface area contributed by atoms with E-state index in [1.807, 2.05) is 19.1 Å². The molecule has 0 radical (unpaired) electrons. The summed E-state index contributed by atoms with van der Waals surface area (Å²) in [5.41, 5.74) is 0.878. The van der Waals surface area contributed by atoms with Gasteiger partial charge in [0.1, 0.15) is 12.1 Å². The summed E-state index contributed by atoms with van der Waals surface area (Å²) in [6.45, 7) is 1.88. The Morgan fingerprint density at radius 1 is 1.20 bits per heavy atom. The standard InChI is InChI=1S/C13H11N3O4/c1-7-3-2-4-8-10(7)15-6-16-11(8)14-5-9(12(17)18)13(19)20/h2-6H,1H3,(H,17,18)(H,19,20)(H,14,15,16). The predicted molar refractivity (Wildman–Crippen MR) is 71.3 cm³/mol. The van der Waals surface area contributed by atoms with E-state index in [-0.39, 0.29) is 0 Å². The number of aromatic nitrogens is 2. The maximum atomic E-state index is 10.8. The fourth-order valence-electron chi connectivity index (χ4n) is 1.71. The number of fused-ring (bicyclic) bond motifs is 1. The number of nitrogens with zero attached hydrogens (tertiary/aromatic N) is 2. The van der Waals surface area contributed by atoms with E-state index >= 15 is 0 Å². The molecule has 0 saturated carbocycles. The third-order valence-corrected chi connectivity index (χ3v) is 2.68. The van der Waals surface area contributed by atoms with Crippen molar-refractivity contribution in [2.24, 2.45) is 0 Å². The highest BCUT2D eigenvalue weighted by molar-refractivity contribution is 6.12. The van der Waals surface area contributed by atoms with E-state index in [9.17, 15) is 9.59 Å². The quantitative estimate of drug-likeness (QED) is 0.438. The van der Waals surface area contributed by atoms with Gasteiger partial charge in [-0.3, -0.25) is 0 Å². The minimum Gasteiger partial charge on any atom is -0.477 e. The van der Waals surface area contributed by atoms with Gasteiger partial charge in [-0.25, -0.2) is 19.6 Å². The summed E-state index contributed by atoms with van der Waals surface area (Å²) in [7, 11) is 0. The van der Waals surface area contributed by atoms with Crippen molar-refractivity contribution in [1.82, 2.24) is 9.97 Å². The molecule has 2 aromatic rings. The zero-order chi connectivity index (χ0) is 14.7. The monoisotopic (exact) mass is 273 g/mol. The lowest BCUT2D eigenvalue weighted by atomic mass is 10.1. The minimum absolute atomic E-state index is 0.346. The van der Waals surface area contributed by atoms with Crippen molar-refractivity contribution >= 4 is 28.7 Å². The summed E-state index contributed by atoms with van der Waals surface area (Å²) in [6.07, 6.45) is 2.22. The van der Waals surface area contributed by atoms with Gasteiger partial charge in [-0.2, -0.15) is 0 Å². The van der Waals surface area contributed by atoms with Crippen LogP contribution in [0.2, 0.25) is 0 Å². The molecule has 20 heavy (non-hydrogen) atoms. The Balaban J connectivity index is 2.45. The fraction of sp³-hybridized carbons (Fsp3) is 0.0769. The van der Waals surface area contributed by atoms with Crippen LogP contribution in [0.15, 0.2) is 36.3 Å². The first-order valence-corrected chi connectivity index (χ1v) is 5.64. The predicted octanol–water partition coefficient (Wildman–Crippen LogP) is 1.40. The number of para-hydroxylation sites is 1. The zero-order valence-corrected chi connectivity index (χ0v) is 10.5. The second kappa shape index (κ2) is 5.35. The first-order valence-electron chi connectivity index (χ1n) is 5.64. The van der Waals surface area contributed by atoms with Crippen molar-refractivity contribution in [3.05, 3.63) is 41.9 Å². The van der Waals surface area contributed by atoms with Gasteiger partial charge < -0.3 is 15.5 Å². The third kappa shape index (κ3) is 2.56. The molecule has 1 heterocycles. The summed E-state index contributed by atoms with van der Waals surface area (Å²) in [5.74, 6) is -2.71. The van der Waals surface area contributed by atoms with Crippen LogP contribution >= 0.6 is 0 Å². The third-order valence-electron chi connectivity index (χ3n) is 2.68. The largest absolute Gasteiger partial charge is 0.477 e. The summed E-state index contributed by atoms with van der Waals surface area (Å²) >= 11 is 0. The van der Waals surface area contributed by atoms with Crippen LogP contribution in [0.4, 0.5) is 5.82 Å². The van der Waals surface area contributed by atoms with Crippen LogP contribution in [0.1, 0.15) is 5.56 Å². The number of rotatable bonds is 4. The molecule has 0 aliphatic carbocycles. The topological polar surface area (TPSA) is 112 Å². The number of aryl methyl sites for hydroxylation is 1. The van der Waals surface area contributed by atoms with Crippen molar-refractivity contribution < 1.29 is 19.8 Å². The van der Waals surface area contributed by atoms with Gasteiger partial charge in [0.05, 0.1) is 5.52 Å². The van der Waals surface area contributed by atoms with Gasteiger partial charge in [0.25, 0.3) is 0 Å². The Hall–Kier alpha value is -2.96. The van der Waals surface area contributed by atoms with E-state index in [4.69, 9.17) is 10.2 Å². The van der Waals surface area contributed by atoms with Gasteiger partial charge in [0, 0.05) is 11.6 Å². The number of carboxylic acid groups (broad SMARTS) is 2. The highest BCUT2D eigenvalue weighted by Crippen LogP contribution is 2.21. The second-order valence-corrected chi connectivity index (χ2v) is 4.01. The smallest absolute Gasteiger partial charge is 0.344 e. The zero-order valence-electron chi connectivity index (χ0n) is 10.5. The molecular formula is C13H11N3O4. The first-order chi connectivity index (χ1) is 9.50. The lowest BCUT2D eigenvalue weighted by Crippen LogP contribution is -2.13. The Labute approximate surface area is 113 Å². The van der Waals surface area contributed by atoms with E-state index in [1.165, 1.54) is 6.33 Å². The number of carboxylic acids is 2. The summed E-state index contributed by atoms with van der Waals surface area (Å²) in [6, 6.07) is 5.46. The van der Waals surface area contributed by atoms with Crippen molar-refractivity contribution in [3.8, 4) is 0 Å². The summed E-state index contributed by atoms with van der Waals surface area (Å²) < 4.78 is 0. The lowest BCUT2D eigenvalue weighted by Gasteiger charge is -2.06. The second-order valence-electron chi connectivity index (χ2n) is 4.01. The molecular weight excluding hydrogens is 262 g/mol. The minimum atomic E-state index is -1.53. The molecule has 0 aliphatic heterocycles. The van der Waals surface area contributed by atoms with Gasteiger partial charge in [0.15, 0.2) is 5.57 Å². The lowest BCUT2D eigenvalue weighted by molar-refractivity contribution is -0.140. The fourth-order valence-corrected chi connectivity index (χ4v) is 1.71. The molecule has 7 nitrogen and oxygen atoms in total. The molecule has 0 saturated heterocycles. The van der Waals surface area contributed by atoms with Gasteiger partial charge in [-0.05, 0) is 18.6 Å². The van der Waals surface area contributed by atoms with Crippen LogP contribution in [0.5, 0.6) is 0 Å². The average molecular weight is 273 g/mol. The number of carbonyl (C=O) groups is 2. The molecule has 0 aliphatic rings. The molecule has 0 unspecified atom stereocenters. The van der Waals surface area contributed by atoms with Gasteiger partial charge in [-0.1, -0.05) is 12.1 Å². The first kappa shape index (κ1) is 13.5. The molecule has 3 N–H and O–H groups in total. The molecule has 0 fully saturated rings. The van der Waals surface area contributed by atoms with Crippen molar-refractivity contribution in [2.45, 2.75) is 6.92 Å². The number of nitrogens with one attached hydrogen (secondary N) is 1. The highest BCUT2D eigenvalue weighted by Gasteiger charge is 2.16. The number of aliphatic carboxylic acids is 2. The number of hydrogen-bond acceptors (Lipinski definition) is 5. The number of anilines is 1. The van der Waals surface area contributed by atoms with Crippen LogP contribution in [-0.2, 0) is 9.59 Å². The molecule has 1 aromatic carbocycles. The molecule has 102 valence electrons. The Kier molecular flexibility index (Phi) is 3.60. The molecule has 0 spiro atoms. The average Bonchev–Trinajstić information content (AvgIpc) is 2.39. The normalized spacial score (nSPS) is 10.1. The Bertz CT molecular complexity index is 709. The SMILES string of the molecule is Cc1cccc2c(NC=C(C(=O)O)C(=O)O)ncnc12. The van der Waals surface area contributed by atoms with E-state index in [0.717, 1.165) is 11.8 Å². The molecule has 0 bridgehead atoms. The maximum absolute atomic E-state index is 10.8. The van der Waals surface area contributed by atoms with E-state index in [2.05, 4.69) is 15.3 Å². The van der Waals surface area contributed by atoms with Gasteiger partial charge in [-0.15, -0.1) is 0 Å². The van der Waals surface area contributed by atoms with E-state index in [0.29, 0.717) is 16.7 Å². The van der Waals surface area contributed by atoms with E-state index in [1.54, 1.807) is 6.07 Å². The molecule has 1 aromatic heterocycles. The number of hydrogen-bond donors (Lipinski definition) is 3. The van der Waals surface area contributed by atoms with Crippen LogP contribution < -0.4 is 5.32 Å². The highest BCUT2D eigenvalue weighted by atomic mass is 16.4. The van der Waals surface area contributed by atoms with Crippen molar-refractivity contribution in [3.63, 3.8) is 0 Å². The summed E-state index contributed by atoms with van der Waals surface area (Å²) in [4.78, 5) is 29.6. The van der Waals surface area contributed by atoms with Crippen LogP contribution in [-0.4, -0.2) is 32.1 Å². The van der Waals surface area contributed by atoms with Crippen LogP contribution in [0, 0.1) is 6.92 Å². The van der Waals surface area contributed by atoms with Gasteiger partial charge >= 0.3 is 11.9 Å². The van der Waals surface area contributed by atoms with Crippen LogP contribution in [0.25, 0.3) is 10.9 Å². The maximum Gasteiger partial charge on any atom is 0.344 e. The number of benzene rings is 1. The van der Waals surface area contributed by atoms with Crippen molar-refractivity contribution in [2.75, 3.05) is 5.32 Å². The van der Waals surface area contributed by atoms with Crippen molar-refractivity contribution in [1.29, 1.82) is 0 Å². The molecule has 0 atom stereocenters. The van der Waals surface area contributed by atoms with Crippen LogP contribution in [0.3, 0.4) is 0 Å². The Morgan fingerprint density at radius 3 is 2.55 bits per heavy atom. The molecule has 7 heteroatoms. The summed E-state index contributed by atoms with van der Waals surface area (Å²) in [5, 5.41) is 20.8. The molecule has 2 rings (SSSR count). The molecule has 0 amide bonds. The van der Waals surface area contributed by atoms with Gasteiger partial charge in [0.2, 0.25) is 0 Å². The van der Waals surface area contributed by atoms with E-state index < -0.39 is 17.5 Å². The Morgan fingerprint density at radius 2 is 1.90 bits per heavy atom.